The van der Waals surface area contributed by atoms with Crippen LogP contribution in [0.1, 0.15) is 31.1 Å². The van der Waals surface area contributed by atoms with Gasteiger partial charge in [0.15, 0.2) is 0 Å². The standard InChI is InChI=1S/C21H31N3O4S/c1-5-23(6-2)19(25)15-22-11-13-24(14-12-22)20(26)17-9-7-8-10-18(17)29-16(3)21(27)28-4/h7-10,16H,5-6,11-15H2,1-4H3. The largest absolute Gasteiger partial charge is 0.468 e. The first-order valence-corrected chi connectivity index (χ1v) is 10.9. The zero-order chi connectivity index (χ0) is 21.4. The molecule has 0 radical (unpaired) electrons. The van der Waals surface area contributed by atoms with E-state index in [2.05, 4.69) is 4.90 Å². The highest BCUT2D eigenvalue weighted by Crippen LogP contribution is 2.28. The zero-order valence-corrected chi connectivity index (χ0v) is 18.5. The molecule has 1 aliphatic rings. The van der Waals surface area contributed by atoms with Crippen molar-refractivity contribution in [2.45, 2.75) is 30.9 Å². The van der Waals surface area contributed by atoms with Gasteiger partial charge in [-0.2, -0.15) is 0 Å². The zero-order valence-electron chi connectivity index (χ0n) is 17.7. The normalized spacial score (nSPS) is 15.7. The smallest absolute Gasteiger partial charge is 0.318 e. The van der Waals surface area contributed by atoms with Crippen molar-refractivity contribution in [2.24, 2.45) is 0 Å². The Balaban J connectivity index is 1.97. The molecule has 1 aromatic rings. The van der Waals surface area contributed by atoms with Gasteiger partial charge < -0.3 is 14.5 Å². The van der Waals surface area contributed by atoms with Crippen LogP contribution in [-0.2, 0) is 14.3 Å². The van der Waals surface area contributed by atoms with E-state index in [4.69, 9.17) is 4.74 Å². The Morgan fingerprint density at radius 3 is 2.31 bits per heavy atom. The number of hydrogen-bond acceptors (Lipinski definition) is 6. The summed E-state index contributed by atoms with van der Waals surface area (Å²) >= 11 is 1.33. The van der Waals surface area contributed by atoms with Gasteiger partial charge >= 0.3 is 5.97 Å². The van der Waals surface area contributed by atoms with Crippen LogP contribution < -0.4 is 0 Å². The van der Waals surface area contributed by atoms with Crippen LogP contribution >= 0.6 is 11.8 Å². The van der Waals surface area contributed by atoms with Crippen LogP contribution in [0, 0.1) is 0 Å². The molecule has 1 saturated heterocycles. The number of benzene rings is 1. The molecule has 2 rings (SSSR count). The second-order valence-electron chi connectivity index (χ2n) is 6.91. The summed E-state index contributed by atoms with van der Waals surface area (Å²) in [5.41, 5.74) is 0.598. The Kier molecular flexibility index (Phi) is 8.98. The Hall–Kier alpha value is -2.06. The van der Waals surface area contributed by atoms with Crippen LogP contribution in [0.5, 0.6) is 0 Å². The number of hydrogen-bond donors (Lipinski definition) is 0. The van der Waals surface area contributed by atoms with Gasteiger partial charge in [-0.3, -0.25) is 19.3 Å². The lowest BCUT2D eigenvalue weighted by molar-refractivity contribution is -0.139. The monoisotopic (exact) mass is 421 g/mol. The molecule has 0 spiro atoms. The second-order valence-corrected chi connectivity index (χ2v) is 8.30. The molecule has 1 atom stereocenters. The molecular weight excluding hydrogens is 390 g/mol. The van der Waals surface area contributed by atoms with Gasteiger partial charge in [-0.1, -0.05) is 12.1 Å². The molecule has 0 aromatic heterocycles. The van der Waals surface area contributed by atoms with Crippen molar-refractivity contribution in [3.8, 4) is 0 Å². The number of thioether (sulfide) groups is 1. The highest BCUT2D eigenvalue weighted by Gasteiger charge is 2.26. The van der Waals surface area contributed by atoms with Gasteiger partial charge in [-0.25, -0.2) is 0 Å². The first kappa shape index (κ1) is 23.2. The molecule has 0 bridgehead atoms. The highest BCUT2D eigenvalue weighted by molar-refractivity contribution is 8.00. The number of piperazine rings is 1. The fourth-order valence-corrected chi connectivity index (χ4v) is 4.31. The van der Waals surface area contributed by atoms with Crippen molar-refractivity contribution < 1.29 is 19.1 Å². The molecule has 8 heteroatoms. The van der Waals surface area contributed by atoms with Gasteiger partial charge in [-0.15, -0.1) is 11.8 Å². The van der Waals surface area contributed by atoms with Crippen molar-refractivity contribution >= 4 is 29.5 Å². The number of methoxy groups -OCH3 is 1. The maximum atomic E-state index is 13.1. The Bertz CT molecular complexity index is 716. The Morgan fingerprint density at radius 2 is 1.72 bits per heavy atom. The SMILES string of the molecule is CCN(CC)C(=O)CN1CCN(C(=O)c2ccccc2SC(C)C(=O)OC)CC1. The van der Waals surface area contributed by atoms with Gasteiger partial charge in [0, 0.05) is 44.2 Å². The van der Waals surface area contributed by atoms with E-state index in [0.717, 1.165) is 4.90 Å². The summed E-state index contributed by atoms with van der Waals surface area (Å²) in [6, 6.07) is 7.35. The van der Waals surface area contributed by atoms with Gasteiger partial charge in [0.05, 0.1) is 19.2 Å². The highest BCUT2D eigenvalue weighted by atomic mass is 32.2. The third kappa shape index (κ3) is 6.21. The van der Waals surface area contributed by atoms with Crippen LogP contribution in [-0.4, -0.2) is 90.7 Å². The van der Waals surface area contributed by atoms with Crippen LogP contribution in [0.4, 0.5) is 0 Å². The quantitative estimate of drug-likeness (QED) is 0.472. The number of ether oxygens (including phenoxy) is 1. The number of carbonyl (C=O) groups excluding carboxylic acids is 3. The number of amides is 2. The molecule has 1 fully saturated rings. The average Bonchev–Trinajstić information content (AvgIpc) is 2.74. The number of nitrogens with zero attached hydrogens (tertiary/aromatic N) is 3. The Labute approximate surface area is 177 Å². The summed E-state index contributed by atoms with van der Waals surface area (Å²) < 4.78 is 4.79. The number of esters is 1. The summed E-state index contributed by atoms with van der Waals surface area (Å²) in [5, 5.41) is -0.392. The first-order chi connectivity index (χ1) is 13.9. The van der Waals surface area contributed by atoms with E-state index in [9.17, 15) is 14.4 Å². The minimum atomic E-state index is -0.392. The summed E-state index contributed by atoms with van der Waals surface area (Å²) in [4.78, 5) is 43.6. The number of carbonyl (C=O) groups is 3. The summed E-state index contributed by atoms with van der Waals surface area (Å²) in [7, 11) is 1.36. The molecule has 0 aliphatic carbocycles. The predicted octanol–water partition coefficient (Wildman–Crippen LogP) is 1.97. The topological polar surface area (TPSA) is 70.2 Å². The first-order valence-electron chi connectivity index (χ1n) is 10.0. The van der Waals surface area contributed by atoms with Gasteiger partial charge in [-0.05, 0) is 32.9 Å². The fourth-order valence-electron chi connectivity index (χ4n) is 3.30. The van der Waals surface area contributed by atoms with Crippen LogP contribution in [0.3, 0.4) is 0 Å². The van der Waals surface area contributed by atoms with Crippen molar-refractivity contribution in [3.05, 3.63) is 29.8 Å². The van der Waals surface area contributed by atoms with Crippen molar-refractivity contribution in [3.63, 3.8) is 0 Å². The summed E-state index contributed by atoms with van der Waals surface area (Å²) in [5.74, 6) is -0.225. The molecule has 0 N–H and O–H groups in total. The van der Waals surface area contributed by atoms with E-state index in [-0.39, 0.29) is 17.8 Å². The summed E-state index contributed by atoms with van der Waals surface area (Å²) in [6.45, 7) is 10.1. The molecule has 160 valence electrons. The van der Waals surface area contributed by atoms with E-state index in [0.29, 0.717) is 51.4 Å². The maximum Gasteiger partial charge on any atom is 0.318 e. The molecule has 1 aliphatic heterocycles. The molecule has 2 amide bonds. The fraction of sp³-hybridized carbons (Fsp3) is 0.571. The summed E-state index contributed by atoms with van der Waals surface area (Å²) in [6.07, 6.45) is 0. The molecule has 1 unspecified atom stereocenters. The van der Waals surface area contributed by atoms with E-state index in [1.54, 1.807) is 13.0 Å². The lowest BCUT2D eigenvalue weighted by Crippen LogP contribution is -2.51. The van der Waals surface area contributed by atoms with Crippen molar-refractivity contribution in [1.29, 1.82) is 0 Å². The molecule has 1 heterocycles. The minimum absolute atomic E-state index is 0.0418. The van der Waals surface area contributed by atoms with Gasteiger partial charge in [0.1, 0.15) is 5.25 Å². The average molecular weight is 422 g/mol. The van der Waals surface area contributed by atoms with E-state index >= 15 is 0 Å². The van der Waals surface area contributed by atoms with Crippen LogP contribution in [0.2, 0.25) is 0 Å². The van der Waals surface area contributed by atoms with Gasteiger partial charge in [0.2, 0.25) is 5.91 Å². The van der Waals surface area contributed by atoms with E-state index < -0.39 is 5.25 Å². The third-order valence-electron chi connectivity index (χ3n) is 5.09. The van der Waals surface area contributed by atoms with E-state index in [1.165, 1.54) is 18.9 Å². The van der Waals surface area contributed by atoms with Crippen LogP contribution in [0.15, 0.2) is 29.2 Å². The predicted molar refractivity (Wildman–Crippen MR) is 114 cm³/mol. The number of likely N-dealkylation sites (N-methyl/N-ethyl adjacent to an activating group) is 1. The maximum absolute atomic E-state index is 13.1. The third-order valence-corrected chi connectivity index (χ3v) is 6.24. The van der Waals surface area contributed by atoms with Crippen molar-refractivity contribution in [2.75, 3.05) is 52.9 Å². The van der Waals surface area contributed by atoms with Gasteiger partial charge in [0.25, 0.3) is 5.91 Å². The van der Waals surface area contributed by atoms with E-state index in [1.807, 2.05) is 41.8 Å². The minimum Gasteiger partial charge on any atom is -0.468 e. The molecule has 29 heavy (non-hydrogen) atoms. The van der Waals surface area contributed by atoms with Crippen molar-refractivity contribution in [1.82, 2.24) is 14.7 Å². The molecule has 0 saturated carbocycles. The second kappa shape index (κ2) is 11.2. The number of rotatable bonds is 8. The molecule has 7 nitrogen and oxygen atoms in total. The lowest BCUT2D eigenvalue weighted by atomic mass is 10.2. The Morgan fingerprint density at radius 1 is 1.10 bits per heavy atom. The lowest BCUT2D eigenvalue weighted by Gasteiger charge is -2.35. The van der Waals surface area contributed by atoms with Crippen LogP contribution in [0.25, 0.3) is 0 Å². The molecule has 1 aromatic carbocycles. The molecular formula is C21H31N3O4S.